The van der Waals surface area contributed by atoms with Crippen molar-refractivity contribution in [1.82, 2.24) is 15.5 Å². The Labute approximate surface area is 322 Å². The summed E-state index contributed by atoms with van der Waals surface area (Å²) in [5, 5.41) is 6.28. The van der Waals surface area contributed by atoms with E-state index in [4.69, 9.17) is 18.9 Å². The Kier molecular flexibility index (Phi) is 11.1. The van der Waals surface area contributed by atoms with Crippen LogP contribution in [0.2, 0.25) is 0 Å². The van der Waals surface area contributed by atoms with E-state index in [1.165, 1.54) is 17.0 Å². The van der Waals surface area contributed by atoms with Crippen LogP contribution in [0.15, 0.2) is 95.4 Å². The lowest BCUT2D eigenvalue weighted by Crippen LogP contribution is -2.74. The highest BCUT2D eigenvalue weighted by molar-refractivity contribution is 8.03. The third kappa shape index (κ3) is 8.86. The van der Waals surface area contributed by atoms with E-state index in [0.29, 0.717) is 11.1 Å². The fourth-order valence-electron chi connectivity index (χ4n) is 6.41. The Hall–Kier alpha value is -5.63. The molecule has 14 heteroatoms. The topological polar surface area (TPSA) is 150 Å². The number of halogens is 1. The summed E-state index contributed by atoms with van der Waals surface area (Å²) in [6.45, 7) is 10.3. The van der Waals surface area contributed by atoms with Crippen LogP contribution in [0.4, 0.5) is 14.0 Å². The molecular weight excluding hydrogens is 730 g/mol. The molecule has 2 fully saturated rings. The molecule has 3 atom stereocenters. The zero-order chi connectivity index (χ0) is 39.7. The van der Waals surface area contributed by atoms with Crippen molar-refractivity contribution >= 4 is 47.4 Å². The average molecular weight is 772 g/mol. The molecule has 55 heavy (non-hydrogen) atoms. The van der Waals surface area contributed by atoms with Crippen LogP contribution < -0.4 is 15.4 Å². The number of fused-ring (bicyclic) bond motifs is 1. The number of carbonyl (C=O) groups is 5. The molecule has 3 aliphatic rings. The molecule has 0 aromatic heterocycles. The average Bonchev–Trinajstić information content (AvgIpc) is 3.54. The van der Waals surface area contributed by atoms with E-state index in [0.717, 1.165) is 17.8 Å². The molecule has 2 saturated heterocycles. The molecule has 0 spiro atoms. The van der Waals surface area contributed by atoms with Crippen LogP contribution in [0.25, 0.3) is 5.57 Å². The van der Waals surface area contributed by atoms with E-state index in [1.807, 2.05) is 60.7 Å². The van der Waals surface area contributed by atoms with E-state index in [1.54, 1.807) is 47.0 Å². The van der Waals surface area contributed by atoms with E-state index < -0.39 is 76.4 Å². The molecule has 2 N–H and O–H groups in total. The molecule has 3 aromatic rings. The van der Waals surface area contributed by atoms with Crippen LogP contribution in [-0.2, 0) is 28.6 Å². The number of ether oxygens (including phenoxy) is 4. The number of nitrogens with zero attached hydrogens (tertiary/aromatic N) is 1. The van der Waals surface area contributed by atoms with Gasteiger partial charge in [0.1, 0.15) is 22.6 Å². The first-order valence-electron chi connectivity index (χ1n) is 17.7. The highest BCUT2D eigenvalue weighted by Crippen LogP contribution is 2.47. The molecule has 12 nitrogen and oxygen atoms in total. The Bertz CT molecular complexity index is 2020. The summed E-state index contributed by atoms with van der Waals surface area (Å²) in [6, 6.07) is 19.5. The largest absolute Gasteiger partial charge is 0.514 e. The molecule has 3 amide bonds. The zero-order valence-electron chi connectivity index (χ0n) is 31.2. The van der Waals surface area contributed by atoms with Crippen LogP contribution in [0.1, 0.15) is 70.8 Å². The van der Waals surface area contributed by atoms with Gasteiger partial charge in [-0.1, -0.05) is 66.7 Å². The van der Waals surface area contributed by atoms with Gasteiger partial charge in [-0.25, -0.2) is 18.8 Å². The number of rotatable bonds is 8. The van der Waals surface area contributed by atoms with E-state index in [-0.39, 0.29) is 35.2 Å². The molecule has 0 saturated carbocycles. The van der Waals surface area contributed by atoms with Crippen LogP contribution in [0.5, 0.6) is 5.75 Å². The normalized spacial score (nSPS) is 20.4. The summed E-state index contributed by atoms with van der Waals surface area (Å²) in [6.07, 6.45) is -2.57. The highest BCUT2D eigenvalue weighted by atomic mass is 32.2. The third-order valence-electron chi connectivity index (χ3n) is 8.65. The monoisotopic (exact) mass is 771 g/mol. The van der Waals surface area contributed by atoms with E-state index >= 15 is 4.39 Å². The Morgan fingerprint density at radius 1 is 0.891 bits per heavy atom. The number of β-lactam (4-membered cyclic amide) rings is 1. The Morgan fingerprint density at radius 3 is 2.05 bits per heavy atom. The quantitative estimate of drug-likeness (QED) is 0.0823. The van der Waals surface area contributed by atoms with Crippen LogP contribution in [0.3, 0.4) is 0 Å². The van der Waals surface area contributed by atoms with Gasteiger partial charge in [-0.05, 0) is 87.8 Å². The van der Waals surface area contributed by atoms with Gasteiger partial charge in [0.2, 0.25) is 11.8 Å². The standard InChI is InChI=1S/C41H42FN3O9S/c1-40(2,3)53-38(49)44-31-35(47)45-32(37(48)52-33(23-13-9-7-10-14-23)24-15-11-8-12-16-24)27(22-55-36(31)45)30(26-19-20-43-34(26)46)25-17-18-29(28(42)21-25)51-39(50)54-41(4,5)6/h7-18,21-22,31-33,36H,19-20H2,1-6H3,(H,43,46)(H,44,49)/t31-,32-,36-/m1/s1. The summed E-state index contributed by atoms with van der Waals surface area (Å²) >= 11 is 1.15. The number of thioether (sulfide) groups is 1. The lowest BCUT2D eigenvalue weighted by Gasteiger charge is -2.52. The third-order valence-corrected chi connectivity index (χ3v) is 9.82. The van der Waals surface area contributed by atoms with Crippen molar-refractivity contribution in [3.05, 3.63) is 118 Å². The van der Waals surface area contributed by atoms with Gasteiger partial charge in [0.05, 0.1) is 0 Å². The van der Waals surface area contributed by atoms with Crippen molar-refractivity contribution < 1.29 is 47.3 Å². The summed E-state index contributed by atoms with van der Waals surface area (Å²) in [7, 11) is 0. The smallest absolute Gasteiger partial charge is 0.451 e. The van der Waals surface area contributed by atoms with Crippen LogP contribution >= 0.6 is 11.8 Å². The molecule has 0 aliphatic carbocycles. The first-order chi connectivity index (χ1) is 26.0. The fraction of sp³-hybridized carbons (Fsp3) is 0.341. The van der Waals surface area contributed by atoms with Gasteiger partial charge in [-0.3, -0.25) is 9.59 Å². The number of hydrogen-bond donors (Lipinski definition) is 2. The number of hydrogen-bond acceptors (Lipinski definition) is 10. The minimum Gasteiger partial charge on any atom is -0.451 e. The second-order valence-corrected chi connectivity index (χ2v) is 16.1. The molecule has 6 rings (SSSR count). The molecule has 0 bridgehead atoms. The maximum absolute atomic E-state index is 15.8. The van der Waals surface area contributed by atoms with Crippen LogP contribution in [0, 0.1) is 5.82 Å². The number of carbonyl (C=O) groups excluding carboxylic acids is 5. The molecule has 3 aromatic carbocycles. The number of alkyl carbamates (subject to hydrolysis) is 1. The van der Waals surface area contributed by atoms with Gasteiger partial charge >= 0.3 is 18.2 Å². The van der Waals surface area contributed by atoms with Gasteiger partial charge in [-0.15, -0.1) is 11.8 Å². The fourth-order valence-corrected chi connectivity index (χ4v) is 7.64. The van der Waals surface area contributed by atoms with Crippen molar-refractivity contribution in [3.8, 4) is 5.75 Å². The molecule has 288 valence electrons. The van der Waals surface area contributed by atoms with Crippen molar-refractivity contribution in [1.29, 1.82) is 0 Å². The minimum absolute atomic E-state index is 0.184. The molecule has 0 radical (unpaired) electrons. The molecule has 3 aliphatic heterocycles. The van der Waals surface area contributed by atoms with Crippen LogP contribution in [-0.4, -0.2) is 70.1 Å². The first-order valence-corrected chi connectivity index (χ1v) is 18.6. The first kappa shape index (κ1) is 39.1. The second-order valence-electron chi connectivity index (χ2n) is 15.1. The maximum atomic E-state index is 15.8. The number of nitrogens with one attached hydrogen (secondary N) is 2. The number of amides is 3. The Balaban J connectivity index is 1.42. The minimum atomic E-state index is -1.43. The highest BCUT2D eigenvalue weighted by Gasteiger charge is 2.57. The summed E-state index contributed by atoms with van der Waals surface area (Å²) in [5.41, 5.74) is 0.482. The predicted octanol–water partition coefficient (Wildman–Crippen LogP) is 6.81. The molecule has 0 unspecified atom stereocenters. The van der Waals surface area contributed by atoms with Gasteiger partial charge in [0, 0.05) is 17.7 Å². The SMILES string of the molecule is CC(C)(C)OC(=O)N[C@@H]1C(=O)N2[C@@H](C(=O)OC(c3ccccc3)c3ccccc3)C(C(=C3CCNC3=O)c3ccc(OC(=O)OC(C)(C)C)c(F)c3)=CS[C@H]12. The summed E-state index contributed by atoms with van der Waals surface area (Å²) in [5.74, 6) is -3.19. The maximum Gasteiger partial charge on any atom is 0.514 e. The van der Waals surface area contributed by atoms with Gasteiger partial charge in [-0.2, -0.15) is 0 Å². The number of esters is 1. The lowest BCUT2D eigenvalue weighted by molar-refractivity contribution is -0.164. The number of benzene rings is 3. The van der Waals surface area contributed by atoms with Gasteiger partial charge < -0.3 is 34.5 Å². The summed E-state index contributed by atoms with van der Waals surface area (Å²) in [4.78, 5) is 68.6. The lowest BCUT2D eigenvalue weighted by atomic mass is 9.86. The molecule has 3 heterocycles. The van der Waals surface area contributed by atoms with Crippen molar-refractivity contribution in [2.75, 3.05) is 6.54 Å². The van der Waals surface area contributed by atoms with E-state index in [9.17, 15) is 24.0 Å². The van der Waals surface area contributed by atoms with Crippen molar-refractivity contribution in [2.45, 2.75) is 82.7 Å². The summed E-state index contributed by atoms with van der Waals surface area (Å²) < 4.78 is 37.8. The molecular formula is C41H42FN3O9S. The van der Waals surface area contributed by atoms with E-state index in [2.05, 4.69) is 10.6 Å². The predicted molar refractivity (Wildman–Crippen MR) is 202 cm³/mol. The Morgan fingerprint density at radius 2 is 1.51 bits per heavy atom. The van der Waals surface area contributed by atoms with Crippen molar-refractivity contribution in [2.24, 2.45) is 0 Å². The van der Waals surface area contributed by atoms with Gasteiger partial charge in [0.25, 0.3) is 0 Å². The van der Waals surface area contributed by atoms with Gasteiger partial charge in [0.15, 0.2) is 23.7 Å². The van der Waals surface area contributed by atoms with Crippen molar-refractivity contribution in [3.63, 3.8) is 0 Å². The zero-order valence-corrected chi connectivity index (χ0v) is 32.0. The second kappa shape index (κ2) is 15.6.